The van der Waals surface area contributed by atoms with Gasteiger partial charge in [-0.05, 0) is 6.92 Å². The van der Waals surface area contributed by atoms with Crippen molar-refractivity contribution in [2.45, 2.75) is 19.4 Å². The molecule has 4 nitrogen and oxygen atoms in total. The fraction of sp³-hybridized carbons (Fsp3) is 0.429. The van der Waals surface area contributed by atoms with Crippen LogP contribution in [0.3, 0.4) is 0 Å². The molecule has 0 aliphatic heterocycles. The van der Waals surface area contributed by atoms with Gasteiger partial charge in [0.2, 0.25) is 0 Å². The van der Waals surface area contributed by atoms with E-state index >= 15 is 0 Å². The maximum atomic E-state index is 11.8. The van der Waals surface area contributed by atoms with E-state index in [-0.39, 0.29) is 0 Å². The molecule has 13 heavy (non-hydrogen) atoms. The van der Waals surface area contributed by atoms with E-state index in [1.807, 2.05) is 0 Å². The molecule has 0 bridgehead atoms. The Morgan fingerprint density at radius 3 is 2.85 bits per heavy atom. The van der Waals surface area contributed by atoms with Gasteiger partial charge in [0.05, 0.1) is 12.2 Å². The number of alkyl halides is 2. The topological polar surface area (TPSA) is 57.8 Å². The number of nitrogens with one attached hydrogen (secondary N) is 2. The fourth-order valence-electron chi connectivity index (χ4n) is 0.857. The van der Waals surface area contributed by atoms with Gasteiger partial charge in [0.15, 0.2) is 0 Å². The Hall–Kier alpha value is -1.46. The molecule has 2 N–H and O–H groups in total. The molecule has 72 valence electrons. The van der Waals surface area contributed by atoms with Crippen LogP contribution in [0.5, 0.6) is 0 Å². The number of aromatic amines is 1. The van der Waals surface area contributed by atoms with Crippen LogP contribution in [0.15, 0.2) is 12.4 Å². The smallest absolute Gasteiger partial charge is 0.315 e. The first-order valence-electron chi connectivity index (χ1n) is 3.68. The normalized spacial score (nSPS) is 12.9. The molecule has 0 saturated heterocycles. The maximum absolute atomic E-state index is 11.8. The number of H-pyrrole nitrogens is 1. The zero-order valence-corrected chi connectivity index (χ0v) is 6.92. The van der Waals surface area contributed by atoms with E-state index in [9.17, 15) is 13.6 Å². The van der Waals surface area contributed by atoms with Crippen molar-refractivity contribution in [1.29, 1.82) is 0 Å². The number of nitrogens with zero attached hydrogens (tertiary/aromatic N) is 1. The lowest BCUT2D eigenvalue weighted by molar-refractivity contribution is -0.132. The Labute approximate surface area is 73.3 Å². The average Bonchev–Trinajstić information content (AvgIpc) is 2.55. The molecule has 1 amide bonds. The van der Waals surface area contributed by atoms with E-state index in [1.165, 1.54) is 12.4 Å². The van der Waals surface area contributed by atoms with Gasteiger partial charge in [-0.3, -0.25) is 9.89 Å². The molecule has 1 unspecified atom stereocenters. The summed E-state index contributed by atoms with van der Waals surface area (Å²) in [6.45, 7) is 1.60. The average molecular weight is 189 g/mol. The van der Waals surface area contributed by atoms with Gasteiger partial charge in [0.1, 0.15) is 0 Å². The Morgan fingerprint density at radius 2 is 2.38 bits per heavy atom. The first kappa shape index (κ1) is 9.63. The number of rotatable bonds is 3. The van der Waals surface area contributed by atoms with Gasteiger partial charge in [0, 0.05) is 11.8 Å². The number of hydrogen-bond acceptors (Lipinski definition) is 2. The molecule has 0 aliphatic rings. The highest BCUT2D eigenvalue weighted by molar-refractivity contribution is 5.79. The van der Waals surface area contributed by atoms with Crippen LogP contribution >= 0.6 is 0 Å². The summed E-state index contributed by atoms with van der Waals surface area (Å²) in [4.78, 5) is 10.6. The number of carbonyl (C=O) groups excluding carboxylic acids is 1. The lowest BCUT2D eigenvalue weighted by atomic mass is 10.2. The van der Waals surface area contributed by atoms with E-state index < -0.39 is 18.4 Å². The fourth-order valence-corrected chi connectivity index (χ4v) is 0.857. The van der Waals surface area contributed by atoms with Crippen molar-refractivity contribution >= 4 is 5.91 Å². The van der Waals surface area contributed by atoms with Gasteiger partial charge >= 0.3 is 6.43 Å². The maximum Gasteiger partial charge on any atom is 0.315 e. The Balaban J connectivity index is 2.51. The third-order valence-electron chi connectivity index (χ3n) is 1.58. The van der Waals surface area contributed by atoms with Gasteiger partial charge < -0.3 is 5.32 Å². The predicted molar refractivity (Wildman–Crippen MR) is 41.1 cm³/mol. The van der Waals surface area contributed by atoms with Crippen LogP contribution in [0, 0.1) is 0 Å². The highest BCUT2D eigenvalue weighted by atomic mass is 19.3. The molecule has 6 heteroatoms. The molecule has 0 fully saturated rings. The molecule has 0 aromatic carbocycles. The first-order valence-corrected chi connectivity index (χ1v) is 3.68. The van der Waals surface area contributed by atoms with E-state index in [1.54, 1.807) is 6.92 Å². The van der Waals surface area contributed by atoms with E-state index in [0.717, 1.165) is 0 Å². The minimum Gasteiger partial charge on any atom is -0.345 e. The van der Waals surface area contributed by atoms with E-state index in [4.69, 9.17) is 0 Å². The summed E-state index contributed by atoms with van der Waals surface area (Å²) in [6, 6.07) is -0.458. The van der Waals surface area contributed by atoms with Gasteiger partial charge in [-0.15, -0.1) is 0 Å². The number of halogens is 2. The standard InChI is InChI=1S/C7H9F2N3O/c1-4(5-2-10-11-3-5)12-7(13)6(8)9/h2-4,6H,1H3,(H,10,11)(H,12,13). The highest BCUT2D eigenvalue weighted by Crippen LogP contribution is 2.09. The molecule has 1 rings (SSSR count). The lowest BCUT2D eigenvalue weighted by Crippen LogP contribution is -2.31. The van der Waals surface area contributed by atoms with Crippen molar-refractivity contribution < 1.29 is 13.6 Å². The van der Waals surface area contributed by atoms with Crippen molar-refractivity contribution in [3.63, 3.8) is 0 Å². The number of amides is 1. The van der Waals surface area contributed by atoms with Crippen LogP contribution in [-0.4, -0.2) is 22.5 Å². The van der Waals surface area contributed by atoms with Crippen LogP contribution in [0.1, 0.15) is 18.5 Å². The van der Waals surface area contributed by atoms with Crippen LogP contribution in [0.2, 0.25) is 0 Å². The quantitative estimate of drug-likeness (QED) is 0.740. The molecule has 1 atom stereocenters. The third kappa shape index (κ3) is 2.50. The second-order valence-electron chi connectivity index (χ2n) is 2.56. The zero-order valence-electron chi connectivity index (χ0n) is 6.92. The SMILES string of the molecule is CC(NC(=O)C(F)F)c1cn[nH]c1. The second kappa shape index (κ2) is 3.97. The summed E-state index contributed by atoms with van der Waals surface area (Å²) in [6.07, 6.45) is 0.0293. The van der Waals surface area contributed by atoms with Crippen molar-refractivity contribution in [2.24, 2.45) is 0 Å². The van der Waals surface area contributed by atoms with Crippen molar-refractivity contribution in [3.05, 3.63) is 18.0 Å². The summed E-state index contributed by atoms with van der Waals surface area (Å²) in [5, 5.41) is 8.29. The Kier molecular flexibility index (Phi) is 2.94. The minimum absolute atomic E-state index is 0.458. The monoisotopic (exact) mass is 189 g/mol. The van der Waals surface area contributed by atoms with Crippen LogP contribution in [0.4, 0.5) is 8.78 Å². The van der Waals surface area contributed by atoms with Crippen LogP contribution < -0.4 is 5.32 Å². The van der Waals surface area contributed by atoms with Gasteiger partial charge in [-0.25, -0.2) is 0 Å². The number of hydrogen-bond donors (Lipinski definition) is 2. The van der Waals surface area contributed by atoms with E-state index in [2.05, 4.69) is 15.5 Å². The number of carbonyl (C=O) groups is 1. The van der Waals surface area contributed by atoms with Crippen molar-refractivity contribution in [1.82, 2.24) is 15.5 Å². The molecule has 1 aromatic rings. The molecule has 0 spiro atoms. The summed E-state index contributed by atoms with van der Waals surface area (Å²) in [5.41, 5.74) is 0.661. The Morgan fingerprint density at radius 1 is 1.69 bits per heavy atom. The van der Waals surface area contributed by atoms with Crippen molar-refractivity contribution in [2.75, 3.05) is 0 Å². The largest absolute Gasteiger partial charge is 0.345 e. The predicted octanol–water partition coefficient (Wildman–Crippen LogP) is 0.852. The lowest BCUT2D eigenvalue weighted by Gasteiger charge is -2.10. The molecule has 0 radical (unpaired) electrons. The van der Waals surface area contributed by atoms with Crippen LogP contribution in [-0.2, 0) is 4.79 Å². The van der Waals surface area contributed by atoms with Crippen LogP contribution in [0.25, 0.3) is 0 Å². The minimum atomic E-state index is -2.98. The summed E-state index contributed by atoms with van der Waals surface area (Å²) in [5.74, 6) is -1.27. The first-order chi connectivity index (χ1) is 6.11. The van der Waals surface area contributed by atoms with Gasteiger partial charge in [0.25, 0.3) is 5.91 Å². The zero-order chi connectivity index (χ0) is 9.84. The second-order valence-corrected chi connectivity index (χ2v) is 2.56. The summed E-state index contributed by atoms with van der Waals surface area (Å²) >= 11 is 0. The van der Waals surface area contributed by atoms with Crippen molar-refractivity contribution in [3.8, 4) is 0 Å². The third-order valence-corrected chi connectivity index (χ3v) is 1.58. The molecule has 1 aromatic heterocycles. The number of aromatic nitrogens is 2. The molecule has 1 heterocycles. The van der Waals surface area contributed by atoms with E-state index in [0.29, 0.717) is 5.56 Å². The molecule has 0 aliphatic carbocycles. The molecule has 0 saturated carbocycles. The Bertz CT molecular complexity index is 273. The van der Waals surface area contributed by atoms with Gasteiger partial charge in [-0.1, -0.05) is 0 Å². The highest BCUT2D eigenvalue weighted by Gasteiger charge is 2.18. The summed E-state index contributed by atoms with van der Waals surface area (Å²) in [7, 11) is 0. The molecular formula is C7H9F2N3O. The summed E-state index contributed by atoms with van der Waals surface area (Å²) < 4.78 is 23.6. The molecular weight excluding hydrogens is 180 g/mol. The van der Waals surface area contributed by atoms with Gasteiger partial charge in [-0.2, -0.15) is 13.9 Å².